The minimum absolute atomic E-state index is 0. The summed E-state index contributed by atoms with van der Waals surface area (Å²) in [7, 11) is 1.79. The molecule has 1 aromatic rings. The average molecular weight is 275 g/mol. The lowest BCUT2D eigenvalue weighted by Crippen LogP contribution is -2.39. The zero-order valence-electron chi connectivity index (χ0n) is 11.7. The summed E-state index contributed by atoms with van der Waals surface area (Å²) in [5.74, 6) is 1.42. The van der Waals surface area contributed by atoms with Crippen molar-refractivity contribution in [3.05, 3.63) is 23.2 Å². The van der Waals surface area contributed by atoms with Crippen molar-refractivity contribution in [2.45, 2.75) is 27.7 Å². The Hall–Kier alpha value is -1.000. The van der Waals surface area contributed by atoms with Crippen LogP contribution in [-0.4, -0.2) is 30.9 Å². The second-order valence-corrected chi connectivity index (χ2v) is 5.36. The third-order valence-corrected chi connectivity index (χ3v) is 2.84. The summed E-state index contributed by atoms with van der Waals surface area (Å²) in [6.07, 6.45) is 0. The molecule has 0 aliphatic carbocycles. The Morgan fingerprint density at radius 1 is 1.44 bits per heavy atom. The highest BCUT2D eigenvalue weighted by Gasteiger charge is 2.23. The smallest absolute Gasteiger partial charge is 0.257 e. The minimum atomic E-state index is -0.0723. The van der Waals surface area contributed by atoms with Crippen molar-refractivity contribution < 1.29 is 9.21 Å². The number of amides is 1. The normalized spacial score (nSPS) is 11.0. The second kappa shape index (κ2) is 6.25. The van der Waals surface area contributed by atoms with Crippen LogP contribution in [-0.2, 0) is 0 Å². The molecule has 0 unspecified atom stereocenters. The standard InChI is InChI=1S/C13H22N2O2.ClH/c1-9-6-11(10(2)17-9)12(16)15(5)8-13(3,4)7-14;/h6H,7-8,14H2,1-5H3;1H. The molecular weight excluding hydrogens is 252 g/mol. The quantitative estimate of drug-likeness (QED) is 0.917. The van der Waals surface area contributed by atoms with E-state index in [1.807, 2.05) is 27.7 Å². The first-order valence-corrected chi connectivity index (χ1v) is 5.79. The van der Waals surface area contributed by atoms with Crippen molar-refractivity contribution in [2.75, 3.05) is 20.1 Å². The van der Waals surface area contributed by atoms with E-state index in [1.165, 1.54) is 0 Å². The molecule has 1 aromatic heterocycles. The van der Waals surface area contributed by atoms with Crippen molar-refractivity contribution in [1.29, 1.82) is 0 Å². The summed E-state index contributed by atoms with van der Waals surface area (Å²) in [5.41, 5.74) is 6.24. The summed E-state index contributed by atoms with van der Waals surface area (Å²) in [6, 6.07) is 1.78. The Morgan fingerprint density at radius 2 is 2.00 bits per heavy atom. The summed E-state index contributed by atoms with van der Waals surface area (Å²) in [6.45, 7) is 8.92. The third-order valence-electron chi connectivity index (χ3n) is 2.84. The monoisotopic (exact) mass is 274 g/mol. The van der Waals surface area contributed by atoms with Gasteiger partial charge >= 0.3 is 0 Å². The highest BCUT2D eigenvalue weighted by atomic mass is 35.5. The van der Waals surface area contributed by atoms with Crippen LogP contribution in [0.25, 0.3) is 0 Å². The molecule has 0 saturated carbocycles. The van der Waals surface area contributed by atoms with E-state index < -0.39 is 0 Å². The molecule has 18 heavy (non-hydrogen) atoms. The van der Waals surface area contributed by atoms with Gasteiger partial charge in [0.1, 0.15) is 11.5 Å². The van der Waals surface area contributed by atoms with Gasteiger partial charge in [-0.3, -0.25) is 4.79 Å². The van der Waals surface area contributed by atoms with E-state index in [4.69, 9.17) is 10.2 Å². The summed E-state index contributed by atoms with van der Waals surface area (Å²) in [4.78, 5) is 13.9. The van der Waals surface area contributed by atoms with Crippen LogP contribution in [0.5, 0.6) is 0 Å². The Labute approximate surface area is 115 Å². The molecule has 0 fully saturated rings. The number of aryl methyl sites for hydroxylation is 2. The number of nitrogens with zero attached hydrogens (tertiary/aromatic N) is 1. The number of hydrogen-bond acceptors (Lipinski definition) is 3. The van der Waals surface area contributed by atoms with Crippen LogP contribution in [0.4, 0.5) is 0 Å². The Kier molecular flexibility index (Phi) is 5.90. The molecule has 0 spiro atoms. The number of halogens is 1. The van der Waals surface area contributed by atoms with E-state index in [1.54, 1.807) is 18.0 Å². The maximum atomic E-state index is 12.2. The van der Waals surface area contributed by atoms with Crippen molar-refractivity contribution in [3.63, 3.8) is 0 Å². The zero-order valence-corrected chi connectivity index (χ0v) is 12.6. The van der Waals surface area contributed by atoms with Crippen LogP contribution in [0.3, 0.4) is 0 Å². The van der Waals surface area contributed by atoms with Gasteiger partial charge in [0, 0.05) is 13.6 Å². The molecule has 1 heterocycles. The van der Waals surface area contributed by atoms with Crippen LogP contribution in [0.2, 0.25) is 0 Å². The fourth-order valence-electron chi connectivity index (χ4n) is 1.83. The van der Waals surface area contributed by atoms with Gasteiger partial charge in [-0.05, 0) is 31.9 Å². The average Bonchev–Trinajstić information content (AvgIpc) is 2.56. The Morgan fingerprint density at radius 3 is 2.39 bits per heavy atom. The number of nitrogens with two attached hydrogens (primary N) is 1. The Bertz CT molecular complexity index is 413. The van der Waals surface area contributed by atoms with Gasteiger partial charge in [0.15, 0.2) is 0 Å². The van der Waals surface area contributed by atoms with Crippen LogP contribution in [0.15, 0.2) is 10.5 Å². The van der Waals surface area contributed by atoms with Crippen LogP contribution in [0.1, 0.15) is 35.7 Å². The highest BCUT2D eigenvalue weighted by Crippen LogP contribution is 2.19. The lowest BCUT2D eigenvalue weighted by molar-refractivity contribution is 0.0739. The van der Waals surface area contributed by atoms with Gasteiger partial charge in [0.2, 0.25) is 0 Å². The van der Waals surface area contributed by atoms with Crippen LogP contribution >= 0.6 is 12.4 Å². The third kappa shape index (κ3) is 4.03. The molecule has 0 radical (unpaired) electrons. The Balaban J connectivity index is 0.00000289. The SMILES string of the molecule is Cc1cc(C(=O)N(C)CC(C)(C)CN)c(C)o1.Cl. The van der Waals surface area contributed by atoms with E-state index in [9.17, 15) is 4.79 Å². The first-order valence-electron chi connectivity index (χ1n) is 5.79. The van der Waals surface area contributed by atoms with Crippen molar-refractivity contribution in [1.82, 2.24) is 4.90 Å². The van der Waals surface area contributed by atoms with Crippen LogP contribution in [0, 0.1) is 19.3 Å². The lowest BCUT2D eigenvalue weighted by Gasteiger charge is -2.28. The maximum absolute atomic E-state index is 12.2. The highest BCUT2D eigenvalue weighted by molar-refractivity contribution is 5.95. The van der Waals surface area contributed by atoms with Crippen molar-refractivity contribution >= 4 is 18.3 Å². The molecule has 2 N–H and O–H groups in total. The van der Waals surface area contributed by atoms with Crippen molar-refractivity contribution in [2.24, 2.45) is 11.1 Å². The number of rotatable bonds is 4. The predicted molar refractivity (Wildman–Crippen MR) is 75.2 cm³/mol. The molecule has 0 bridgehead atoms. The second-order valence-electron chi connectivity index (χ2n) is 5.36. The summed E-state index contributed by atoms with van der Waals surface area (Å²) < 4.78 is 5.37. The van der Waals surface area contributed by atoms with Gasteiger partial charge in [-0.1, -0.05) is 13.8 Å². The molecule has 104 valence electrons. The van der Waals surface area contributed by atoms with Crippen molar-refractivity contribution in [3.8, 4) is 0 Å². The molecule has 0 aromatic carbocycles. The lowest BCUT2D eigenvalue weighted by atomic mass is 9.93. The molecule has 4 nitrogen and oxygen atoms in total. The van der Waals surface area contributed by atoms with E-state index in [0.29, 0.717) is 24.4 Å². The molecule has 0 atom stereocenters. The van der Waals surface area contributed by atoms with E-state index in [0.717, 1.165) is 5.76 Å². The first-order chi connectivity index (χ1) is 7.76. The predicted octanol–water partition coefficient (Wildman–Crippen LogP) is 2.38. The molecule has 0 aliphatic rings. The summed E-state index contributed by atoms with van der Waals surface area (Å²) in [5, 5.41) is 0. The fraction of sp³-hybridized carbons (Fsp3) is 0.615. The largest absolute Gasteiger partial charge is 0.466 e. The van der Waals surface area contributed by atoms with Gasteiger partial charge in [-0.2, -0.15) is 0 Å². The van der Waals surface area contributed by atoms with Gasteiger partial charge in [-0.25, -0.2) is 0 Å². The van der Waals surface area contributed by atoms with Gasteiger partial charge in [-0.15, -0.1) is 12.4 Å². The van der Waals surface area contributed by atoms with Gasteiger partial charge in [0.05, 0.1) is 5.56 Å². The molecule has 5 heteroatoms. The molecule has 1 rings (SSSR count). The maximum Gasteiger partial charge on any atom is 0.257 e. The van der Waals surface area contributed by atoms with Gasteiger partial charge < -0.3 is 15.1 Å². The molecule has 0 aliphatic heterocycles. The minimum Gasteiger partial charge on any atom is -0.466 e. The molecule has 1 amide bonds. The number of hydrogen-bond donors (Lipinski definition) is 1. The van der Waals surface area contributed by atoms with E-state index in [2.05, 4.69) is 0 Å². The van der Waals surface area contributed by atoms with Crippen LogP contribution < -0.4 is 5.73 Å². The molecular formula is C13H23ClN2O2. The topological polar surface area (TPSA) is 59.5 Å². The number of carbonyl (C=O) groups is 1. The van der Waals surface area contributed by atoms with E-state index in [-0.39, 0.29) is 23.7 Å². The van der Waals surface area contributed by atoms with E-state index >= 15 is 0 Å². The molecule has 0 saturated heterocycles. The fourth-order valence-corrected chi connectivity index (χ4v) is 1.83. The number of furan rings is 1. The van der Waals surface area contributed by atoms with Gasteiger partial charge in [0.25, 0.3) is 5.91 Å². The zero-order chi connectivity index (χ0) is 13.2. The first kappa shape index (κ1) is 17.0. The summed E-state index contributed by atoms with van der Waals surface area (Å²) >= 11 is 0. The number of carbonyl (C=O) groups excluding carboxylic acids is 1.